The smallest absolute Gasteiger partial charge is 0.0906 e. The van der Waals surface area contributed by atoms with Gasteiger partial charge >= 0.3 is 0 Å². The maximum absolute atomic E-state index is 9.31. The molecule has 0 bridgehead atoms. The molecule has 0 saturated carbocycles. The summed E-state index contributed by atoms with van der Waals surface area (Å²) in [5, 5.41) is 16.6. The Kier molecular flexibility index (Phi) is 6.49. The number of nitrogens with one attached hydrogen (secondary N) is 1. The Morgan fingerprint density at radius 2 is 2.12 bits per heavy atom. The van der Waals surface area contributed by atoms with E-state index in [2.05, 4.69) is 47.7 Å². The molecule has 3 rings (SSSR count). The molecular weight excluding hydrogens is 312 g/mol. The zero-order chi connectivity index (χ0) is 17.5. The molecule has 138 valence electrons. The summed E-state index contributed by atoms with van der Waals surface area (Å²) in [6.45, 7) is 3.95. The third-order valence-corrected chi connectivity index (χ3v) is 5.95. The molecule has 0 aromatic heterocycles. The summed E-state index contributed by atoms with van der Waals surface area (Å²) in [7, 11) is 0. The molecule has 2 saturated heterocycles. The summed E-state index contributed by atoms with van der Waals surface area (Å²) >= 11 is 0. The van der Waals surface area contributed by atoms with E-state index in [-0.39, 0.29) is 11.6 Å². The first-order chi connectivity index (χ1) is 12.3. The molecule has 2 aliphatic rings. The lowest BCUT2D eigenvalue weighted by Crippen LogP contribution is -2.60. The van der Waals surface area contributed by atoms with Crippen molar-refractivity contribution in [1.82, 2.24) is 5.32 Å². The fourth-order valence-electron chi connectivity index (χ4n) is 4.68. The van der Waals surface area contributed by atoms with Crippen LogP contribution in [-0.4, -0.2) is 35.7 Å². The van der Waals surface area contributed by atoms with Gasteiger partial charge in [0.1, 0.15) is 0 Å². The second-order valence-corrected chi connectivity index (χ2v) is 7.49. The Morgan fingerprint density at radius 1 is 1.28 bits per heavy atom. The summed E-state index contributed by atoms with van der Waals surface area (Å²) in [5.41, 5.74) is 2.08. The molecule has 4 nitrogen and oxygen atoms in total. The second kappa shape index (κ2) is 8.81. The first kappa shape index (κ1) is 18.4. The van der Waals surface area contributed by atoms with E-state index < -0.39 is 0 Å². The molecule has 0 amide bonds. The monoisotopic (exact) mass is 344 g/mol. The normalized spacial score (nSPS) is 32.0. The van der Waals surface area contributed by atoms with Crippen molar-refractivity contribution in [2.24, 2.45) is 5.16 Å². The Labute approximate surface area is 151 Å². The van der Waals surface area contributed by atoms with Gasteiger partial charge in [-0.25, -0.2) is 0 Å². The minimum absolute atomic E-state index is 0.203. The number of oxime groups is 1. The van der Waals surface area contributed by atoms with Crippen molar-refractivity contribution in [3.63, 3.8) is 0 Å². The predicted molar refractivity (Wildman–Crippen MR) is 101 cm³/mol. The average molecular weight is 344 g/mol. The molecule has 0 radical (unpaired) electrons. The van der Waals surface area contributed by atoms with Crippen molar-refractivity contribution in [1.29, 1.82) is 0 Å². The van der Waals surface area contributed by atoms with Gasteiger partial charge < -0.3 is 15.3 Å². The fraction of sp³-hybridized carbons (Fsp3) is 0.667. The molecule has 1 aromatic rings. The van der Waals surface area contributed by atoms with E-state index in [4.69, 9.17) is 4.74 Å². The molecule has 1 aromatic carbocycles. The molecule has 2 N–H and O–H groups in total. The van der Waals surface area contributed by atoms with Crippen LogP contribution >= 0.6 is 0 Å². The molecule has 0 spiro atoms. The topological polar surface area (TPSA) is 53.9 Å². The summed E-state index contributed by atoms with van der Waals surface area (Å²) in [6, 6.07) is 11.1. The van der Waals surface area contributed by atoms with E-state index in [0.29, 0.717) is 5.92 Å². The highest BCUT2D eigenvalue weighted by molar-refractivity contribution is 5.85. The maximum atomic E-state index is 9.31. The zero-order valence-electron chi connectivity index (χ0n) is 15.4. The molecule has 2 aliphatic heterocycles. The van der Waals surface area contributed by atoms with Crippen LogP contribution in [0.15, 0.2) is 35.5 Å². The van der Waals surface area contributed by atoms with E-state index in [1.165, 1.54) is 31.2 Å². The van der Waals surface area contributed by atoms with Crippen LogP contribution < -0.4 is 5.32 Å². The van der Waals surface area contributed by atoms with E-state index in [1.54, 1.807) is 0 Å². The standard InChI is InChI=1S/C21H32N2O2/c1-2-3-7-13-21(20-16-18(23-24)12-14-22-20)19(11-8-15-25-21)17-9-5-4-6-10-17/h4-6,9-10,19-20,22,24H,2-3,7-8,11-16H2,1H3. The van der Waals surface area contributed by atoms with E-state index in [0.717, 1.165) is 44.5 Å². The first-order valence-corrected chi connectivity index (χ1v) is 9.92. The third-order valence-electron chi connectivity index (χ3n) is 5.95. The number of ether oxygens (including phenoxy) is 1. The van der Waals surface area contributed by atoms with Crippen molar-refractivity contribution >= 4 is 5.71 Å². The van der Waals surface area contributed by atoms with Gasteiger partial charge in [-0.1, -0.05) is 61.7 Å². The lowest BCUT2D eigenvalue weighted by atomic mass is 9.68. The van der Waals surface area contributed by atoms with Gasteiger partial charge in [-0.2, -0.15) is 0 Å². The highest BCUT2D eigenvalue weighted by atomic mass is 16.5. The van der Waals surface area contributed by atoms with Crippen LogP contribution in [-0.2, 0) is 4.74 Å². The minimum Gasteiger partial charge on any atom is -0.411 e. The second-order valence-electron chi connectivity index (χ2n) is 7.49. The van der Waals surface area contributed by atoms with Crippen LogP contribution in [0.1, 0.15) is 69.8 Å². The molecule has 2 heterocycles. The van der Waals surface area contributed by atoms with Gasteiger partial charge in [0, 0.05) is 38.0 Å². The van der Waals surface area contributed by atoms with Crippen LogP contribution in [0.4, 0.5) is 0 Å². The quantitative estimate of drug-likeness (QED) is 0.454. The lowest BCUT2D eigenvalue weighted by molar-refractivity contribution is -0.123. The largest absolute Gasteiger partial charge is 0.411 e. The molecule has 4 heteroatoms. The lowest BCUT2D eigenvalue weighted by Gasteiger charge is -2.50. The van der Waals surface area contributed by atoms with Gasteiger partial charge in [0.15, 0.2) is 0 Å². The predicted octanol–water partition coefficient (Wildman–Crippen LogP) is 4.48. The van der Waals surface area contributed by atoms with Gasteiger partial charge in [0.25, 0.3) is 0 Å². The molecule has 3 atom stereocenters. The van der Waals surface area contributed by atoms with Crippen molar-refractivity contribution in [2.75, 3.05) is 13.2 Å². The Hall–Kier alpha value is -1.39. The molecule has 2 fully saturated rings. The Bertz CT molecular complexity index is 560. The van der Waals surface area contributed by atoms with E-state index in [9.17, 15) is 5.21 Å². The summed E-state index contributed by atoms with van der Waals surface area (Å²) in [4.78, 5) is 0. The SMILES string of the molecule is CCCCCC1(C2CC(=NO)CCN2)OCCCC1c1ccccc1. The summed E-state index contributed by atoms with van der Waals surface area (Å²) < 4.78 is 6.61. The first-order valence-electron chi connectivity index (χ1n) is 9.92. The van der Waals surface area contributed by atoms with E-state index >= 15 is 0 Å². The van der Waals surface area contributed by atoms with Gasteiger partial charge in [-0.3, -0.25) is 0 Å². The van der Waals surface area contributed by atoms with Crippen molar-refractivity contribution in [2.45, 2.75) is 75.9 Å². The number of unbranched alkanes of at least 4 members (excludes halogenated alkanes) is 2. The highest BCUT2D eigenvalue weighted by Gasteiger charge is 2.49. The third kappa shape index (κ3) is 4.06. The number of rotatable bonds is 6. The minimum atomic E-state index is -0.203. The van der Waals surface area contributed by atoms with Crippen molar-refractivity contribution in [3.05, 3.63) is 35.9 Å². The van der Waals surface area contributed by atoms with Crippen LogP contribution in [0, 0.1) is 0 Å². The number of hydrogen-bond donors (Lipinski definition) is 2. The summed E-state index contributed by atoms with van der Waals surface area (Å²) in [6.07, 6.45) is 8.59. The van der Waals surface area contributed by atoms with Gasteiger partial charge in [-0.05, 0) is 24.8 Å². The molecule has 0 aliphatic carbocycles. The number of benzene rings is 1. The van der Waals surface area contributed by atoms with Crippen LogP contribution in [0.2, 0.25) is 0 Å². The van der Waals surface area contributed by atoms with Crippen LogP contribution in [0.3, 0.4) is 0 Å². The summed E-state index contributed by atoms with van der Waals surface area (Å²) in [5.74, 6) is 0.398. The van der Waals surface area contributed by atoms with E-state index in [1.807, 2.05) is 0 Å². The molecular formula is C21H32N2O2. The fourth-order valence-corrected chi connectivity index (χ4v) is 4.68. The number of nitrogens with zero attached hydrogens (tertiary/aromatic N) is 1. The zero-order valence-corrected chi connectivity index (χ0v) is 15.4. The van der Waals surface area contributed by atoms with Gasteiger partial charge in [0.05, 0.1) is 11.3 Å². The van der Waals surface area contributed by atoms with Crippen molar-refractivity contribution in [3.8, 4) is 0 Å². The maximum Gasteiger partial charge on any atom is 0.0906 e. The molecule has 25 heavy (non-hydrogen) atoms. The van der Waals surface area contributed by atoms with Crippen molar-refractivity contribution < 1.29 is 9.94 Å². The number of piperidine rings is 1. The average Bonchev–Trinajstić information content (AvgIpc) is 2.69. The van der Waals surface area contributed by atoms with Gasteiger partial charge in [-0.15, -0.1) is 0 Å². The Morgan fingerprint density at radius 3 is 2.88 bits per heavy atom. The number of hydrogen-bond acceptors (Lipinski definition) is 4. The van der Waals surface area contributed by atoms with Crippen LogP contribution in [0.25, 0.3) is 0 Å². The highest BCUT2D eigenvalue weighted by Crippen LogP contribution is 2.46. The van der Waals surface area contributed by atoms with Gasteiger partial charge in [0.2, 0.25) is 0 Å². The molecule has 3 unspecified atom stereocenters. The van der Waals surface area contributed by atoms with Crippen LogP contribution in [0.5, 0.6) is 0 Å². The Balaban J connectivity index is 1.92.